The molecule has 0 unspecified atom stereocenters. The lowest BCUT2D eigenvalue weighted by Crippen LogP contribution is -2.02. The van der Waals surface area contributed by atoms with Crippen LogP contribution in [0.2, 0.25) is 0 Å². The van der Waals surface area contributed by atoms with E-state index >= 15 is 0 Å². The predicted molar refractivity (Wildman–Crippen MR) is 84.8 cm³/mol. The third-order valence-electron chi connectivity index (χ3n) is 3.05. The summed E-state index contributed by atoms with van der Waals surface area (Å²) in [6.45, 7) is 0. The first-order valence-electron chi connectivity index (χ1n) is 6.25. The lowest BCUT2D eigenvalue weighted by atomic mass is 10.2. The van der Waals surface area contributed by atoms with E-state index < -0.39 is 5.56 Å². The molecule has 0 aliphatic heterocycles. The number of nitriles is 1. The number of nitrogens with one attached hydrogen (secondary N) is 1. The van der Waals surface area contributed by atoms with Gasteiger partial charge in [0.1, 0.15) is 23.2 Å². The van der Waals surface area contributed by atoms with Gasteiger partial charge in [-0.15, -0.1) is 23.1 Å². The molecule has 110 valence electrons. The lowest BCUT2D eigenvalue weighted by Gasteiger charge is -2.01. The second-order valence-corrected chi connectivity index (χ2v) is 6.74. The number of hydrogen-bond acceptors (Lipinski definition) is 5. The van der Waals surface area contributed by atoms with Crippen molar-refractivity contribution in [1.82, 2.24) is 4.98 Å². The molecule has 0 amide bonds. The minimum absolute atomic E-state index is 0.155. The van der Waals surface area contributed by atoms with Gasteiger partial charge in [0.15, 0.2) is 0 Å². The number of H-pyrrole nitrogens is 1. The van der Waals surface area contributed by atoms with Crippen molar-refractivity contribution >= 4 is 33.3 Å². The van der Waals surface area contributed by atoms with Gasteiger partial charge in [0.2, 0.25) is 0 Å². The van der Waals surface area contributed by atoms with Gasteiger partial charge in [-0.25, -0.2) is 4.39 Å². The van der Waals surface area contributed by atoms with Gasteiger partial charge in [0, 0.05) is 11.8 Å². The highest BCUT2D eigenvalue weighted by Crippen LogP contribution is 2.41. The topological polar surface area (TPSA) is 76.9 Å². The molecule has 0 saturated carbocycles. The van der Waals surface area contributed by atoms with Gasteiger partial charge < -0.3 is 10.1 Å². The first kappa shape index (κ1) is 14.6. The normalized spacial score (nSPS) is 10.7. The fourth-order valence-corrected chi connectivity index (χ4v) is 4.35. The fraction of sp³-hybridized carbons (Fsp3) is 0.0667. The molecule has 0 aliphatic rings. The van der Waals surface area contributed by atoms with Gasteiger partial charge in [-0.05, 0) is 11.6 Å². The van der Waals surface area contributed by atoms with Crippen LogP contribution in [0.25, 0.3) is 10.2 Å². The Balaban J connectivity index is 2.01. The molecule has 1 aromatic carbocycles. The number of aromatic amines is 1. The van der Waals surface area contributed by atoms with Crippen molar-refractivity contribution in [3.63, 3.8) is 0 Å². The van der Waals surface area contributed by atoms with Gasteiger partial charge >= 0.3 is 0 Å². The molecule has 7 heteroatoms. The van der Waals surface area contributed by atoms with Crippen LogP contribution >= 0.6 is 23.1 Å². The number of halogens is 1. The number of hydrogen-bond donors (Lipinski definition) is 2. The summed E-state index contributed by atoms with van der Waals surface area (Å²) in [4.78, 5) is 14.0. The van der Waals surface area contributed by atoms with Crippen LogP contribution in [0.3, 0.4) is 0 Å². The molecule has 3 rings (SSSR count). The fourth-order valence-electron chi connectivity index (χ4n) is 2.02. The summed E-state index contributed by atoms with van der Waals surface area (Å²) in [5, 5.41) is 19.1. The molecule has 0 atom stereocenters. The average Bonchev–Trinajstić information content (AvgIpc) is 2.84. The molecule has 3 aromatic rings. The second-order valence-electron chi connectivity index (χ2n) is 4.48. The molecule has 0 fully saturated rings. The maximum atomic E-state index is 13.6. The van der Waals surface area contributed by atoms with E-state index in [1.807, 2.05) is 6.07 Å². The Morgan fingerprint density at radius 1 is 1.41 bits per heavy atom. The number of thioether (sulfide) groups is 1. The summed E-state index contributed by atoms with van der Waals surface area (Å²) >= 11 is 2.51. The zero-order valence-corrected chi connectivity index (χ0v) is 12.7. The smallest absolute Gasteiger partial charge is 0.252 e. The summed E-state index contributed by atoms with van der Waals surface area (Å²) < 4.78 is 14.7. The summed E-state index contributed by atoms with van der Waals surface area (Å²) in [5.74, 6) is -0.0945. The van der Waals surface area contributed by atoms with Crippen molar-refractivity contribution in [1.29, 1.82) is 5.26 Å². The molecule has 0 aliphatic carbocycles. The van der Waals surface area contributed by atoms with Gasteiger partial charge in [-0.2, -0.15) is 5.26 Å². The first-order chi connectivity index (χ1) is 10.6. The summed E-state index contributed by atoms with van der Waals surface area (Å²) in [6.07, 6.45) is 0. The molecule has 0 radical (unpaired) electrons. The van der Waals surface area contributed by atoms with Gasteiger partial charge in [-0.3, -0.25) is 4.79 Å². The maximum absolute atomic E-state index is 13.6. The standard InChI is InChI=1S/C15H9FN2O2S2/c16-10-4-2-1-3-8(10)7-21-15-9(6-17)13-14(22-15)11(19)5-12(20)18-13/h1-5H,7H2,(H2,18,19,20). The molecule has 4 nitrogen and oxygen atoms in total. The van der Waals surface area contributed by atoms with E-state index in [9.17, 15) is 19.6 Å². The molecule has 2 N–H and O–H groups in total. The van der Waals surface area contributed by atoms with Crippen LogP contribution in [-0.4, -0.2) is 10.1 Å². The van der Waals surface area contributed by atoms with E-state index in [-0.39, 0.29) is 11.6 Å². The van der Waals surface area contributed by atoms with E-state index in [4.69, 9.17) is 0 Å². The van der Waals surface area contributed by atoms with Crippen molar-refractivity contribution in [2.75, 3.05) is 0 Å². The van der Waals surface area contributed by atoms with E-state index in [2.05, 4.69) is 4.98 Å². The Kier molecular flexibility index (Phi) is 3.88. The molecule has 0 saturated heterocycles. The summed E-state index contributed by atoms with van der Waals surface area (Å²) in [7, 11) is 0. The number of thiophene rings is 1. The van der Waals surface area contributed by atoms with Gasteiger partial charge in [0.25, 0.3) is 5.56 Å². The van der Waals surface area contributed by atoms with Crippen LogP contribution in [0.4, 0.5) is 4.39 Å². The van der Waals surface area contributed by atoms with Crippen molar-refractivity contribution in [2.45, 2.75) is 9.96 Å². The number of benzene rings is 1. The van der Waals surface area contributed by atoms with Crippen molar-refractivity contribution < 1.29 is 9.50 Å². The average molecular weight is 332 g/mol. The highest BCUT2D eigenvalue weighted by molar-refractivity contribution is 8.00. The van der Waals surface area contributed by atoms with E-state index in [1.54, 1.807) is 18.2 Å². The van der Waals surface area contributed by atoms with Crippen LogP contribution < -0.4 is 5.56 Å². The summed E-state index contributed by atoms with van der Waals surface area (Å²) in [5.41, 5.74) is 0.694. The Bertz CT molecular complexity index is 956. The van der Waals surface area contributed by atoms with Crippen LogP contribution in [0.5, 0.6) is 5.75 Å². The molecule has 22 heavy (non-hydrogen) atoms. The number of nitrogens with zero attached hydrogens (tertiary/aromatic N) is 1. The Labute approximate surface area is 132 Å². The molecule has 2 aromatic heterocycles. The zero-order chi connectivity index (χ0) is 15.7. The van der Waals surface area contributed by atoms with Crippen molar-refractivity contribution in [3.05, 3.63) is 57.6 Å². The molecule has 0 bridgehead atoms. The van der Waals surface area contributed by atoms with Crippen LogP contribution in [0.1, 0.15) is 11.1 Å². The zero-order valence-electron chi connectivity index (χ0n) is 11.1. The quantitative estimate of drug-likeness (QED) is 0.719. The highest BCUT2D eigenvalue weighted by atomic mass is 32.2. The largest absolute Gasteiger partial charge is 0.506 e. The van der Waals surface area contributed by atoms with E-state index in [0.717, 1.165) is 6.07 Å². The number of aromatic hydroxyl groups is 1. The molecular formula is C15H9FN2O2S2. The molecular weight excluding hydrogens is 323 g/mol. The van der Waals surface area contributed by atoms with Crippen LogP contribution in [0, 0.1) is 17.1 Å². The van der Waals surface area contributed by atoms with E-state index in [0.29, 0.717) is 31.3 Å². The monoisotopic (exact) mass is 332 g/mol. The Morgan fingerprint density at radius 2 is 2.18 bits per heavy atom. The molecule has 2 heterocycles. The lowest BCUT2D eigenvalue weighted by molar-refractivity contribution is 0.481. The Hall–Kier alpha value is -2.30. The van der Waals surface area contributed by atoms with E-state index in [1.165, 1.54) is 29.2 Å². The van der Waals surface area contributed by atoms with Crippen LogP contribution in [-0.2, 0) is 5.75 Å². The van der Waals surface area contributed by atoms with Gasteiger partial charge in [-0.1, -0.05) is 18.2 Å². The third kappa shape index (κ3) is 2.58. The van der Waals surface area contributed by atoms with Crippen molar-refractivity contribution in [2.24, 2.45) is 0 Å². The summed E-state index contributed by atoms with van der Waals surface area (Å²) in [6, 6.07) is 9.54. The first-order valence-corrected chi connectivity index (χ1v) is 8.05. The Morgan fingerprint density at radius 3 is 2.91 bits per heavy atom. The predicted octanol–water partition coefficient (Wildman–Crippen LogP) is 3.60. The van der Waals surface area contributed by atoms with Crippen molar-refractivity contribution in [3.8, 4) is 11.8 Å². The SMILES string of the molecule is N#Cc1c(SCc2ccccc2F)sc2c(O)cc(=O)[nH]c12. The number of rotatable bonds is 3. The third-order valence-corrected chi connectivity index (χ3v) is 5.59. The van der Waals surface area contributed by atoms with Gasteiger partial charge in [0.05, 0.1) is 14.4 Å². The second kappa shape index (κ2) is 5.83. The highest BCUT2D eigenvalue weighted by Gasteiger charge is 2.17. The minimum atomic E-state index is -0.468. The molecule has 0 spiro atoms. The number of pyridine rings is 1. The number of aromatic nitrogens is 1. The van der Waals surface area contributed by atoms with Crippen LogP contribution in [0.15, 0.2) is 39.3 Å². The maximum Gasteiger partial charge on any atom is 0.252 e. The minimum Gasteiger partial charge on any atom is -0.506 e. The number of fused-ring (bicyclic) bond motifs is 1.